The summed E-state index contributed by atoms with van der Waals surface area (Å²) in [6.45, 7) is 0. The average Bonchev–Trinajstić information content (AvgIpc) is 2.91. The molecule has 0 amide bonds. The highest BCUT2D eigenvalue weighted by molar-refractivity contribution is 9.10. The highest BCUT2D eigenvalue weighted by Gasteiger charge is 2.19. The normalized spacial score (nSPS) is 12.2. The van der Waals surface area contributed by atoms with Crippen LogP contribution < -0.4 is 15.2 Å². The van der Waals surface area contributed by atoms with E-state index in [2.05, 4.69) is 15.9 Å². The summed E-state index contributed by atoms with van der Waals surface area (Å²) in [6.07, 6.45) is 0. The van der Waals surface area contributed by atoms with Crippen LogP contribution in [-0.4, -0.2) is 14.2 Å². The summed E-state index contributed by atoms with van der Waals surface area (Å²) in [4.78, 5) is 0. The molecule has 0 spiro atoms. The van der Waals surface area contributed by atoms with Gasteiger partial charge in [0.25, 0.3) is 0 Å². The minimum atomic E-state index is -0.201. The Balaban J connectivity index is 2.48. The summed E-state index contributed by atoms with van der Waals surface area (Å²) in [5, 5.41) is 4.06. The Morgan fingerprint density at radius 1 is 1.22 bits per heavy atom. The fraction of sp³-hybridized carbons (Fsp3) is 0.231. The van der Waals surface area contributed by atoms with Crippen molar-refractivity contribution in [1.29, 1.82) is 0 Å². The van der Waals surface area contributed by atoms with Gasteiger partial charge in [-0.25, -0.2) is 0 Å². The van der Waals surface area contributed by atoms with Crippen molar-refractivity contribution in [1.82, 2.24) is 0 Å². The lowest BCUT2D eigenvalue weighted by Crippen LogP contribution is -2.12. The van der Waals surface area contributed by atoms with Crippen LogP contribution in [0.1, 0.15) is 17.2 Å². The number of hydrogen-bond donors (Lipinski definition) is 1. The third-order valence-electron chi connectivity index (χ3n) is 2.75. The molecule has 1 aromatic heterocycles. The lowest BCUT2D eigenvalue weighted by Gasteiger charge is -2.17. The van der Waals surface area contributed by atoms with Crippen molar-refractivity contribution in [3.63, 3.8) is 0 Å². The predicted octanol–water partition coefficient (Wildman–Crippen LogP) is 3.58. The molecule has 0 aliphatic heterocycles. The predicted molar refractivity (Wildman–Crippen MR) is 77.6 cm³/mol. The molecule has 3 nitrogen and oxygen atoms in total. The van der Waals surface area contributed by atoms with Gasteiger partial charge in [0.2, 0.25) is 0 Å². The highest BCUT2D eigenvalue weighted by Crippen LogP contribution is 2.40. The molecular weight excluding hydrogens is 314 g/mol. The topological polar surface area (TPSA) is 44.5 Å². The third kappa shape index (κ3) is 2.39. The first-order valence-corrected chi connectivity index (χ1v) is 7.10. The molecule has 2 rings (SSSR count). The Kier molecular flexibility index (Phi) is 4.27. The van der Waals surface area contributed by atoms with Crippen LogP contribution >= 0.6 is 27.3 Å². The molecule has 0 aliphatic carbocycles. The van der Waals surface area contributed by atoms with E-state index in [1.54, 1.807) is 25.6 Å². The zero-order valence-corrected chi connectivity index (χ0v) is 12.5. The Morgan fingerprint density at radius 3 is 2.56 bits per heavy atom. The molecule has 5 heteroatoms. The van der Waals surface area contributed by atoms with Crippen molar-refractivity contribution >= 4 is 27.3 Å². The first kappa shape index (κ1) is 13.4. The van der Waals surface area contributed by atoms with Crippen LogP contribution in [0.4, 0.5) is 0 Å². The summed E-state index contributed by atoms with van der Waals surface area (Å²) in [6, 6.07) is 5.64. The van der Waals surface area contributed by atoms with Crippen molar-refractivity contribution in [2.45, 2.75) is 6.04 Å². The maximum Gasteiger partial charge on any atom is 0.141 e. The van der Waals surface area contributed by atoms with Crippen molar-refractivity contribution in [2.24, 2.45) is 5.73 Å². The van der Waals surface area contributed by atoms with E-state index in [-0.39, 0.29) is 6.04 Å². The average molecular weight is 328 g/mol. The van der Waals surface area contributed by atoms with Gasteiger partial charge in [-0.05, 0) is 50.5 Å². The van der Waals surface area contributed by atoms with E-state index >= 15 is 0 Å². The van der Waals surface area contributed by atoms with Gasteiger partial charge in [-0.2, -0.15) is 11.3 Å². The second kappa shape index (κ2) is 5.73. The molecule has 0 saturated heterocycles. The lowest BCUT2D eigenvalue weighted by molar-refractivity contribution is 0.385. The number of hydrogen-bond acceptors (Lipinski definition) is 4. The molecule has 0 aliphatic rings. The second-order valence-electron chi connectivity index (χ2n) is 3.74. The van der Waals surface area contributed by atoms with Gasteiger partial charge in [0, 0.05) is 5.56 Å². The van der Waals surface area contributed by atoms with Crippen molar-refractivity contribution in [2.75, 3.05) is 14.2 Å². The van der Waals surface area contributed by atoms with E-state index in [1.165, 1.54) is 0 Å². The maximum absolute atomic E-state index is 6.26. The molecule has 0 saturated carbocycles. The van der Waals surface area contributed by atoms with Crippen molar-refractivity contribution < 1.29 is 9.47 Å². The molecule has 0 fully saturated rings. The molecule has 2 aromatic rings. The van der Waals surface area contributed by atoms with Crippen LogP contribution in [0.5, 0.6) is 11.5 Å². The molecule has 0 bridgehead atoms. The smallest absolute Gasteiger partial charge is 0.141 e. The van der Waals surface area contributed by atoms with Gasteiger partial charge >= 0.3 is 0 Å². The van der Waals surface area contributed by atoms with Gasteiger partial charge in [-0.15, -0.1) is 0 Å². The second-order valence-corrected chi connectivity index (χ2v) is 5.31. The number of methoxy groups -OCH3 is 2. The third-order valence-corrected chi connectivity index (χ3v) is 4.21. The van der Waals surface area contributed by atoms with E-state index in [0.29, 0.717) is 5.75 Å². The molecule has 2 N–H and O–H groups in total. The van der Waals surface area contributed by atoms with Crippen LogP contribution in [0.25, 0.3) is 0 Å². The van der Waals surface area contributed by atoms with Crippen LogP contribution in [0, 0.1) is 0 Å². The monoisotopic (exact) mass is 327 g/mol. The maximum atomic E-state index is 6.26. The summed E-state index contributed by atoms with van der Waals surface area (Å²) in [5.74, 6) is 1.45. The number of benzene rings is 1. The molecule has 0 radical (unpaired) electrons. The zero-order chi connectivity index (χ0) is 13.1. The summed E-state index contributed by atoms with van der Waals surface area (Å²) in [5.41, 5.74) is 8.28. The molecule has 1 aromatic carbocycles. The summed E-state index contributed by atoms with van der Waals surface area (Å²) in [7, 11) is 3.25. The van der Waals surface area contributed by atoms with Crippen LogP contribution in [0.15, 0.2) is 33.4 Å². The number of ether oxygens (including phenoxy) is 2. The molecule has 96 valence electrons. The Morgan fingerprint density at radius 2 is 2.00 bits per heavy atom. The summed E-state index contributed by atoms with van der Waals surface area (Å²) < 4.78 is 11.5. The summed E-state index contributed by atoms with van der Waals surface area (Å²) >= 11 is 5.11. The first-order valence-electron chi connectivity index (χ1n) is 5.37. The minimum absolute atomic E-state index is 0.201. The molecule has 1 heterocycles. The lowest BCUT2D eigenvalue weighted by atomic mass is 10.0. The van der Waals surface area contributed by atoms with E-state index < -0.39 is 0 Å². The molecular formula is C13H14BrNO2S. The van der Waals surface area contributed by atoms with E-state index in [1.807, 2.05) is 29.0 Å². The quantitative estimate of drug-likeness (QED) is 0.933. The van der Waals surface area contributed by atoms with E-state index in [0.717, 1.165) is 21.3 Å². The zero-order valence-electron chi connectivity index (χ0n) is 10.1. The SMILES string of the molecule is COc1ccc(C(N)c2ccsc2)c(OC)c1Br. The van der Waals surface area contributed by atoms with E-state index in [9.17, 15) is 0 Å². The molecule has 1 atom stereocenters. The van der Waals surface area contributed by atoms with Gasteiger partial charge in [0.1, 0.15) is 16.0 Å². The Hall–Kier alpha value is -1.04. The fourth-order valence-electron chi connectivity index (χ4n) is 1.79. The van der Waals surface area contributed by atoms with Gasteiger partial charge in [-0.1, -0.05) is 0 Å². The minimum Gasteiger partial charge on any atom is -0.495 e. The number of rotatable bonds is 4. The standard InChI is InChI=1S/C13H14BrNO2S/c1-16-10-4-3-9(13(17-2)11(10)14)12(15)8-5-6-18-7-8/h3-7,12H,15H2,1-2H3. The van der Waals surface area contributed by atoms with Crippen molar-refractivity contribution in [3.8, 4) is 11.5 Å². The van der Waals surface area contributed by atoms with Crippen LogP contribution in [0.2, 0.25) is 0 Å². The van der Waals surface area contributed by atoms with Crippen LogP contribution in [0.3, 0.4) is 0 Å². The van der Waals surface area contributed by atoms with Gasteiger partial charge in [-0.3, -0.25) is 0 Å². The number of thiophene rings is 1. The van der Waals surface area contributed by atoms with E-state index in [4.69, 9.17) is 15.2 Å². The highest BCUT2D eigenvalue weighted by atomic mass is 79.9. The largest absolute Gasteiger partial charge is 0.495 e. The number of nitrogens with two attached hydrogens (primary N) is 1. The number of halogens is 1. The van der Waals surface area contributed by atoms with Gasteiger partial charge in [0.15, 0.2) is 0 Å². The Bertz CT molecular complexity index is 528. The first-order chi connectivity index (χ1) is 8.69. The Labute approximate surface area is 119 Å². The van der Waals surface area contributed by atoms with Gasteiger partial charge < -0.3 is 15.2 Å². The molecule has 1 unspecified atom stereocenters. The van der Waals surface area contributed by atoms with Crippen LogP contribution in [-0.2, 0) is 0 Å². The van der Waals surface area contributed by atoms with Crippen molar-refractivity contribution in [3.05, 3.63) is 44.6 Å². The molecule has 18 heavy (non-hydrogen) atoms. The fourth-order valence-corrected chi connectivity index (χ4v) is 3.18. The van der Waals surface area contributed by atoms with Gasteiger partial charge in [0.05, 0.1) is 20.3 Å².